The maximum Gasteiger partial charge on any atom is 0.310 e. The summed E-state index contributed by atoms with van der Waals surface area (Å²) in [6.45, 7) is 19.9. The van der Waals surface area contributed by atoms with Gasteiger partial charge in [0.2, 0.25) is 0 Å². The van der Waals surface area contributed by atoms with Crippen LogP contribution in [0.1, 0.15) is 139 Å². The second-order valence-corrected chi connectivity index (χ2v) is 11.1. The predicted molar refractivity (Wildman–Crippen MR) is 133 cm³/mol. The van der Waals surface area contributed by atoms with Gasteiger partial charge in [0.25, 0.3) is 0 Å². The van der Waals surface area contributed by atoms with E-state index in [9.17, 15) is 9.90 Å². The van der Waals surface area contributed by atoms with Crippen molar-refractivity contribution in [2.45, 2.75) is 139 Å². The number of carbonyl (C=O) groups is 1. The fourth-order valence-corrected chi connectivity index (χ4v) is 6.92. The molecule has 0 aromatic rings. The molecule has 0 rings (SSSR count). The minimum atomic E-state index is -0.687. The maximum absolute atomic E-state index is 12.9. The molecule has 180 valence electrons. The molecule has 1 N–H and O–H groups in total. The van der Waals surface area contributed by atoms with E-state index >= 15 is 0 Å². The van der Waals surface area contributed by atoms with Crippen LogP contribution in [0.15, 0.2) is 0 Å². The van der Waals surface area contributed by atoms with Gasteiger partial charge in [0.05, 0.1) is 5.41 Å². The largest absolute Gasteiger partial charge is 0.481 e. The summed E-state index contributed by atoms with van der Waals surface area (Å²) in [5, 5.41) is 10.6. The Labute approximate surface area is 190 Å². The zero-order chi connectivity index (χ0) is 23.4. The van der Waals surface area contributed by atoms with E-state index in [2.05, 4.69) is 62.3 Å². The molecule has 0 aromatic heterocycles. The molecule has 0 spiro atoms. The quantitative estimate of drug-likeness (QED) is 0.222. The molecule has 0 heterocycles. The first-order chi connectivity index (χ1) is 14.0. The van der Waals surface area contributed by atoms with Crippen LogP contribution in [0, 0.1) is 34.5 Å². The Balaban J connectivity index is 5.01. The number of carboxylic acids is 1. The molecule has 0 unspecified atom stereocenters. The Morgan fingerprint density at radius 2 is 0.933 bits per heavy atom. The van der Waals surface area contributed by atoms with Crippen LogP contribution in [0.3, 0.4) is 0 Å². The molecule has 0 saturated heterocycles. The van der Waals surface area contributed by atoms with Gasteiger partial charge in [-0.2, -0.15) is 0 Å². The molecule has 0 aliphatic heterocycles. The van der Waals surface area contributed by atoms with Gasteiger partial charge in [-0.3, -0.25) is 4.79 Å². The van der Waals surface area contributed by atoms with E-state index in [1.54, 1.807) is 0 Å². The topological polar surface area (TPSA) is 37.3 Å². The Kier molecular flexibility index (Phi) is 14.3. The highest BCUT2D eigenvalue weighted by atomic mass is 16.4. The lowest BCUT2D eigenvalue weighted by Crippen LogP contribution is -2.59. The van der Waals surface area contributed by atoms with Crippen LogP contribution in [-0.2, 0) is 4.79 Å². The third-order valence-corrected chi connectivity index (χ3v) is 8.20. The standard InChI is InChI=1S/C28H56O2/c1-10-11-12-13-14-15-16-17-18-19-20-21-27(22(2)3,23(4)5)28(24(6)7,25(8)9)26(29)30/h22-25H,10-21H2,1-9H3,(H,29,30). The van der Waals surface area contributed by atoms with E-state index in [0.717, 1.165) is 12.8 Å². The normalized spacial score (nSPS) is 13.2. The molecule has 30 heavy (non-hydrogen) atoms. The van der Waals surface area contributed by atoms with Crippen molar-refractivity contribution >= 4 is 5.97 Å². The van der Waals surface area contributed by atoms with E-state index in [0.29, 0.717) is 11.8 Å². The van der Waals surface area contributed by atoms with Crippen molar-refractivity contribution < 1.29 is 9.90 Å². The first-order valence-electron chi connectivity index (χ1n) is 13.3. The highest BCUT2D eigenvalue weighted by molar-refractivity contribution is 5.77. The van der Waals surface area contributed by atoms with E-state index in [1.165, 1.54) is 64.2 Å². The van der Waals surface area contributed by atoms with Crippen molar-refractivity contribution in [3.05, 3.63) is 0 Å². The van der Waals surface area contributed by atoms with Crippen LogP contribution in [-0.4, -0.2) is 11.1 Å². The van der Waals surface area contributed by atoms with Crippen molar-refractivity contribution in [1.82, 2.24) is 0 Å². The molecule has 0 atom stereocenters. The first-order valence-corrected chi connectivity index (χ1v) is 13.3. The zero-order valence-corrected chi connectivity index (χ0v) is 22.2. The summed E-state index contributed by atoms with van der Waals surface area (Å²) in [6, 6.07) is 0. The van der Waals surface area contributed by atoms with Crippen LogP contribution in [0.4, 0.5) is 0 Å². The number of carboxylic acid groups (broad SMARTS) is 1. The number of unbranched alkanes of at least 4 members (excludes halogenated alkanes) is 10. The molecule has 0 saturated carbocycles. The summed E-state index contributed by atoms with van der Waals surface area (Å²) < 4.78 is 0. The van der Waals surface area contributed by atoms with Crippen LogP contribution < -0.4 is 0 Å². The van der Waals surface area contributed by atoms with Gasteiger partial charge in [0.1, 0.15) is 0 Å². The molecule has 0 radical (unpaired) electrons. The molecule has 0 amide bonds. The third-order valence-electron chi connectivity index (χ3n) is 8.20. The smallest absolute Gasteiger partial charge is 0.310 e. The van der Waals surface area contributed by atoms with Gasteiger partial charge < -0.3 is 5.11 Å². The van der Waals surface area contributed by atoms with Crippen molar-refractivity contribution in [2.75, 3.05) is 0 Å². The molecule has 0 aliphatic rings. The highest BCUT2D eigenvalue weighted by Crippen LogP contribution is 2.61. The Morgan fingerprint density at radius 1 is 0.600 bits per heavy atom. The predicted octanol–water partition coefficient (Wildman–Crippen LogP) is 9.37. The van der Waals surface area contributed by atoms with Crippen LogP contribution in [0.5, 0.6) is 0 Å². The monoisotopic (exact) mass is 424 g/mol. The molecule has 0 fully saturated rings. The van der Waals surface area contributed by atoms with Gasteiger partial charge >= 0.3 is 5.97 Å². The highest BCUT2D eigenvalue weighted by Gasteiger charge is 2.61. The lowest BCUT2D eigenvalue weighted by atomic mass is 9.44. The zero-order valence-electron chi connectivity index (χ0n) is 22.2. The van der Waals surface area contributed by atoms with Crippen molar-refractivity contribution in [2.24, 2.45) is 34.5 Å². The van der Waals surface area contributed by atoms with E-state index in [1.807, 2.05) is 0 Å². The lowest BCUT2D eigenvalue weighted by molar-refractivity contribution is -0.186. The minimum absolute atomic E-state index is 0.118. The summed E-state index contributed by atoms with van der Waals surface area (Å²) in [5.41, 5.74) is -0.867. The Hall–Kier alpha value is -0.530. The fourth-order valence-electron chi connectivity index (χ4n) is 6.92. The average Bonchev–Trinajstić information content (AvgIpc) is 2.63. The fraction of sp³-hybridized carbons (Fsp3) is 0.964. The van der Waals surface area contributed by atoms with Crippen LogP contribution in [0.2, 0.25) is 0 Å². The minimum Gasteiger partial charge on any atom is -0.481 e. The summed E-state index contributed by atoms with van der Waals surface area (Å²) >= 11 is 0. The molecule has 0 bridgehead atoms. The second kappa shape index (κ2) is 14.5. The summed E-state index contributed by atoms with van der Waals surface area (Å²) in [7, 11) is 0. The van der Waals surface area contributed by atoms with Gasteiger partial charge in [0.15, 0.2) is 0 Å². The summed E-state index contributed by atoms with van der Waals surface area (Å²) in [6.07, 6.45) is 15.7. The number of rotatable bonds is 18. The molecular formula is C28H56O2. The third kappa shape index (κ3) is 6.99. The number of hydrogen-bond donors (Lipinski definition) is 1. The first kappa shape index (κ1) is 29.5. The van der Waals surface area contributed by atoms with Crippen molar-refractivity contribution in [3.8, 4) is 0 Å². The molecule has 2 heteroatoms. The maximum atomic E-state index is 12.9. The number of hydrogen-bond acceptors (Lipinski definition) is 1. The second-order valence-electron chi connectivity index (χ2n) is 11.1. The Bertz CT molecular complexity index is 432. The molecule has 0 aromatic carbocycles. The van der Waals surface area contributed by atoms with Crippen LogP contribution in [0.25, 0.3) is 0 Å². The van der Waals surface area contributed by atoms with E-state index in [4.69, 9.17) is 0 Å². The van der Waals surface area contributed by atoms with E-state index < -0.39 is 11.4 Å². The van der Waals surface area contributed by atoms with Gasteiger partial charge in [0, 0.05) is 0 Å². The number of aliphatic carboxylic acids is 1. The summed E-state index contributed by atoms with van der Waals surface area (Å²) in [5.74, 6) is 0.348. The lowest BCUT2D eigenvalue weighted by Gasteiger charge is -2.58. The van der Waals surface area contributed by atoms with Crippen LogP contribution >= 0.6 is 0 Å². The van der Waals surface area contributed by atoms with Crippen molar-refractivity contribution in [3.63, 3.8) is 0 Å². The SMILES string of the molecule is CCCCCCCCCCCCCC(C(C)C)(C(C)C)C(C(=O)O)(C(C)C)C(C)C. The molecular weight excluding hydrogens is 368 g/mol. The average molecular weight is 425 g/mol. The van der Waals surface area contributed by atoms with Gasteiger partial charge in [-0.1, -0.05) is 133 Å². The van der Waals surface area contributed by atoms with Gasteiger partial charge in [-0.15, -0.1) is 0 Å². The summed E-state index contributed by atoms with van der Waals surface area (Å²) in [4.78, 5) is 12.9. The molecule has 2 nitrogen and oxygen atoms in total. The van der Waals surface area contributed by atoms with Gasteiger partial charge in [-0.05, 0) is 35.5 Å². The van der Waals surface area contributed by atoms with E-state index in [-0.39, 0.29) is 17.3 Å². The Morgan fingerprint density at radius 3 is 1.20 bits per heavy atom. The van der Waals surface area contributed by atoms with Crippen molar-refractivity contribution in [1.29, 1.82) is 0 Å². The molecule has 0 aliphatic carbocycles. The van der Waals surface area contributed by atoms with Gasteiger partial charge in [-0.25, -0.2) is 0 Å².